The average Bonchev–Trinajstić information content (AvgIpc) is 2.66. The van der Waals surface area contributed by atoms with E-state index < -0.39 is 0 Å². The molecular formula is C21H26N2O4. The zero-order valence-corrected chi connectivity index (χ0v) is 16.0. The first kappa shape index (κ1) is 20.3. The van der Waals surface area contributed by atoms with Crippen LogP contribution in [0.4, 0.5) is 5.69 Å². The molecule has 0 spiro atoms. The molecule has 2 amide bonds. The van der Waals surface area contributed by atoms with Crippen LogP contribution in [0.3, 0.4) is 0 Å². The van der Waals surface area contributed by atoms with Gasteiger partial charge in [0.15, 0.2) is 0 Å². The molecule has 0 fully saturated rings. The monoisotopic (exact) mass is 370 g/mol. The molecule has 0 radical (unpaired) electrons. The Labute approximate surface area is 159 Å². The molecule has 6 nitrogen and oxygen atoms in total. The number of aryl methyl sites for hydroxylation is 1. The molecule has 0 atom stereocenters. The summed E-state index contributed by atoms with van der Waals surface area (Å²) in [5, 5.41) is 5.68. The fourth-order valence-corrected chi connectivity index (χ4v) is 2.66. The maximum absolute atomic E-state index is 12.3. The number of carbonyl (C=O) groups excluding carboxylic acids is 2. The lowest BCUT2D eigenvalue weighted by Crippen LogP contribution is -2.26. The Hall–Kier alpha value is -3.02. The van der Waals surface area contributed by atoms with Crippen LogP contribution in [0.2, 0.25) is 0 Å². The Morgan fingerprint density at radius 2 is 1.85 bits per heavy atom. The molecular weight excluding hydrogens is 344 g/mol. The normalized spacial score (nSPS) is 10.2. The summed E-state index contributed by atoms with van der Waals surface area (Å²) < 4.78 is 10.7. The van der Waals surface area contributed by atoms with Crippen molar-refractivity contribution in [2.24, 2.45) is 0 Å². The van der Waals surface area contributed by atoms with Crippen LogP contribution in [-0.2, 0) is 4.79 Å². The molecule has 0 saturated carbocycles. The van der Waals surface area contributed by atoms with Crippen molar-refractivity contribution < 1.29 is 19.1 Å². The molecule has 144 valence electrons. The lowest BCUT2D eigenvalue weighted by atomic mass is 10.2. The molecule has 0 heterocycles. The first-order chi connectivity index (χ1) is 13.0. The lowest BCUT2D eigenvalue weighted by molar-refractivity contribution is -0.116. The maximum Gasteiger partial charge on any atom is 0.255 e. The number of benzene rings is 2. The van der Waals surface area contributed by atoms with Crippen molar-refractivity contribution >= 4 is 17.5 Å². The van der Waals surface area contributed by atoms with E-state index in [1.165, 1.54) is 0 Å². The number of methoxy groups -OCH3 is 1. The number of ether oxygens (including phenoxy) is 2. The van der Waals surface area contributed by atoms with Gasteiger partial charge in [-0.2, -0.15) is 0 Å². The number of nitrogens with one attached hydrogen (secondary N) is 2. The predicted molar refractivity (Wildman–Crippen MR) is 106 cm³/mol. The van der Waals surface area contributed by atoms with Crippen molar-refractivity contribution in [1.82, 2.24) is 5.32 Å². The molecule has 0 aliphatic carbocycles. The largest absolute Gasteiger partial charge is 0.496 e. The number of carbonyl (C=O) groups is 2. The van der Waals surface area contributed by atoms with E-state index in [0.29, 0.717) is 37.3 Å². The highest BCUT2D eigenvalue weighted by molar-refractivity contribution is 5.97. The van der Waals surface area contributed by atoms with E-state index in [1.54, 1.807) is 31.4 Å². The minimum atomic E-state index is -0.203. The van der Waals surface area contributed by atoms with E-state index in [4.69, 9.17) is 9.47 Å². The van der Waals surface area contributed by atoms with Crippen molar-refractivity contribution in [3.05, 3.63) is 53.6 Å². The molecule has 0 unspecified atom stereocenters. The van der Waals surface area contributed by atoms with Crippen LogP contribution >= 0.6 is 0 Å². The van der Waals surface area contributed by atoms with E-state index in [2.05, 4.69) is 10.6 Å². The van der Waals surface area contributed by atoms with Gasteiger partial charge in [0.25, 0.3) is 5.91 Å². The highest BCUT2D eigenvalue weighted by Crippen LogP contribution is 2.21. The van der Waals surface area contributed by atoms with Crippen molar-refractivity contribution in [1.29, 1.82) is 0 Å². The first-order valence-corrected chi connectivity index (χ1v) is 8.99. The second-order valence-corrected chi connectivity index (χ2v) is 6.02. The summed E-state index contributed by atoms with van der Waals surface area (Å²) in [6.45, 7) is 4.70. The van der Waals surface area contributed by atoms with Crippen molar-refractivity contribution in [2.75, 3.05) is 25.6 Å². The topological polar surface area (TPSA) is 76.7 Å². The van der Waals surface area contributed by atoms with Gasteiger partial charge in [-0.25, -0.2) is 0 Å². The van der Waals surface area contributed by atoms with Crippen LogP contribution in [0.15, 0.2) is 42.5 Å². The molecule has 6 heteroatoms. The Morgan fingerprint density at radius 3 is 2.56 bits per heavy atom. The van der Waals surface area contributed by atoms with E-state index in [0.717, 1.165) is 17.0 Å². The van der Waals surface area contributed by atoms with Gasteiger partial charge in [-0.3, -0.25) is 9.59 Å². The molecule has 2 aromatic rings. The highest BCUT2D eigenvalue weighted by atomic mass is 16.5. The maximum atomic E-state index is 12.3. The molecule has 0 saturated heterocycles. The van der Waals surface area contributed by atoms with E-state index >= 15 is 0 Å². The summed E-state index contributed by atoms with van der Waals surface area (Å²) >= 11 is 0. The fourth-order valence-electron chi connectivity index (χ4n) is 2.66. The molecule has 0 bridgehead atoms. The minimum absolute atomic E-state index is 0.0940. The predicted octanol–water partition coefficient (Wildman–Crippen LogP) is 3.55. The van der Waals surface area contributed by atoms with Crippen LogP contribution < -0.4 is 20.1 Å². The molecule has 2 N–H and O–H groups in total. The van der Waals surface area contributed by atoms with Crippen LogP contribution in [0.5, 0.6) is 11.5 Å². The van der Waals surface area contributed by atoms with Crippen molar-refractivity contribution in [3.8, 4) is 11.5 Å². The Morgan fingerprint density at radius 1 is 1.07 bits per heavy atom. The fraction of sp³-hybridized carbons (Fsp3) is 0.333. The second-order valence-electron chi connectivity index (χ2n) is 6.02. The summed E-state index contributed by atoms with van der Waals surface area (Å²) in [7, 11) is 1.61. The van der Waals surface area contributed by atoms with Gasteiger partial charge < -0.3 is 20.1 Å². The van der Waals surface area contributed by atoms with Gasteiger partial charge in [0, 0.05) is 18.7 Å². The third-order valence-corrected chi connectivity index (χ3v) is 3.98. The van der Waals surface area contributed by atoms with Gasteiger partial charge in [0.05, 0.1) is 19.3 Å². The molecule has 2 rings (SSSR count). The number of hydrogen-bond acceptors (Lipinski definition) is 4. The highest BCUT2D eigenvalue weighted by Gasteiger charge is 2.11. The number of anilines is 1. The van der Waals surface area contributed by atoms with Crippen LogP contribution in [-0.4, -0.2) is 32.1 Å². The zero-order valence-electron chi connectivity index (χ0n) is 16.0. The third-order valence-electron chi connectivity index (χ3n) is 3.98. The summed E-state index contributed by atoms with van der Waals surface area (Å²) in [5.41, 5.74) is 2.18. The summed E-state index contributed by atoms with van der Waals surface area (Å²) in [6.07, 6.45) is 0.863. The molecule has 0 aliphatic heterocycles. The summed E-state index contributed by atoms with van der Waals surface area (Å²) in [4.78, 5) is 24.3. The molecule has 2 aromatic carbocycles. The average molecular weight is 370 g/mol. The van der Waals surface area contributed by atoms with Gasteiger partial charge in [-0.05, 0) is 56.2 Å². The van der Waals surface area contributed by atoms with E-state index in [1.807, 2.05) is 32.0 Å². The first-order valence-electron chi connectivity index (χ1n) is 8.99. The standard InChI is InChI=1S/C21H26N2O4/c1-4-27-19-9-6-5-8-17(19)21(25)22-13-7-10-20(24)23-16-11-12-18(26-3)15(2)14-16/h5-6,8-9,11-12,14H,4,7,10,13H2,1-3H3,(H,22,25)(H,23,24). The number of rotatable bonds is 9. The van der Waals surface area contributed by atoms with E-state index in [-0.39, 0.29) is 11.8 Å². The van der Waals surface area contributed by atoms with Gasteiger partial charge in [0.1, 0.15) is 11.5 Å². The third kappa shape index (κ3) is 6.02. The molecule has 0 aromatic heterocycles. The smallest absolute Gasteiger partial charge is 0.255 e. The number of amides is 2. The van der Waals surface area contributed by atoms with Gasteiger partial charge in [0.2, 0.25) is 5.91 Å². The molecule has 27 heavy (non-hydrogen) atoms. The quantitative estimate of drug-likeness (QED) is 0.662. The Bertz CT molecular complexity index is 790. The Kier molecular flexibility index (Phi) is 7.67. The number of para-hydroxylation sites is 1. The van der Waals surface area contributed by atoms with Crippen LogP contribution in [0, 0.1) is 6.92 Å². The summed E-state index contributed by atoms with van der Waals surface area (Å²) in [6, 6.07) is 12.6. The van der Waals surface area contributed by atoms with Crippen LogP contribution in [0.25, 0.3) is 0 Å². The van der Waals surface area contributed by atoms with Crippen molar-refractivity contribution in [2.45, 2.75) is 26.7 Å². The van der Waals surface area contributed by atoms with Gasteiger partial charge >= 0.3 is 0 Å². The zero-order chi connectivity index (χ0) is 19.6. The van der Waals surface area contributed by atoms with E-state index in [9.17, 15) is 9.59 Å². The molecule has 0 aliphatic rings. The minimum Gasteiger partial charge on any atom is -0.496 e. The number of hydrogen-bond donors (Lipinski definition) is 2. The Balaban J connectivity index is 1.77. The van der Waals surface area contributed by atoms with Gasteiger partial charge in [-0.1, -0.05) is 12.1 Å². The SMILES string of the molecule is CCOc1ccccc1C(=O)NCCCC(=O)Nc1ccc(OC)c(C)c1. The lowest BCUT2D eigenvalue weighted by Gasteiger charge is -2.11. The van der Waals surface area contributed by atoms with Gasteiger partial charge in [-0.15, -0.1) is 0 Å². The van der Waals surface area contributed by atoms with Crippen LogP contribution in [0.1, 0.15) is 35.7 Å². The van der Waals surface area contributed by atoms with Crippen molar-refractivity contribution in [3.63, 3.8) is 0 Å². The summed E-state index contributed by atoms with van der Waals surface area (Å²) in [5.74, 6) is 1.04. The second kappa shape index (κ2) is 10.2.